The number of aliphatic hydroxyl groups is 2. The van der Waals surface area contributed by atoms with Crippen molar-refractivity contribution in [1.29, 1.82) is 0 Å². The van der Waals surface area contributed by atoms with Crippen molar-refractivity contribution in [3.8, 4) is 0 Å². The molecule has 0 radical (unpaired) electrons. The van der Waals surface area contributed by atoms with Gasteiger partial charge in [-0.3, -0.25) is 0 Å². The van der Waals surface area contributed by atoms with Gasteiger partial charge in [-0.1, -0.05) is 0 Å². The van der Waals surface area contributed by atoms with Gasteiger partial charge in [0.15, 0.2) is 0 Å². The maximum absolute atomic E-state index is 10.1. The van der Waals surface area contributed by atoms with E-state index in [9.17, 15) is 4.79 Å². The van der Waals surface area contributed by atoms with Crippen molar-refractivity contribution in [3.63, 3.8) is 0 Å². The minimum atomic E-state index is -0.588. The van der Waals surface area contributed by atoms with Gasteiger partial charge in [0.05, 0.1) is 0 Å². The Bertz CT molecular complexity index is 80.6. The number of hydrogen-bond donors (Lipinski definition) is 4. The molecule has 0 aromatic carbocycles. The van der Waals surface area contributed by atoms with Crippen LogP contribution in [-0.2, 0) is 4.74 Å². The molecule has 0 spiro atoms. The van der Waals surface area contributed by atoms with Gasteiger partial charge < -0.3 is 25.6 Å². The number of aliphatic hydroxyl groups excluding tert-OH is 2. The van der Waals surface area contributed by atoms with E-state index in [0.717, 1.165) is 0 Å². The zero-order valence-corrected chi connectivity index (χ0v) is 6.63. The standard InChI is InChI=1S/C3H8N2O3.C2H6O/c6-1-4-3(8)5-2-7;1-3-2/h6-7H,1-2H2,(H2,4,5,8);1-2H3. The summed E-state index contributed by atoms with van der Waals surface area (Å²) in [6.07, 6.45) is 0. The first-order chi connectivity index (χ1) is 5.22. The van der Waals surface area contributed by atoms with Crippen LogP contribution in [0.3, 0.4) is 0 Å². The van der Waals surface area contributed by atoms with Crippen molar-refractivity contribution in [3.05, 3.63) is 0 Å². The molecule has 2 amide bonds. The van der Waals surface area contributed by atoms with Crippen LogP contribution in [0.4, 0.5) is 4.79 Å². The third-order valence-corrected chi connectivity index (χ3v) is 0.479. The number of nitrogens with one attached hydrogen (secondary N) is 2. The topological polar surface area (TPSA) is 90.8 Å². The molecule has 0 saturated heterocycles. The number of rotatable bonds is 2. The summed E-state index contributed by atoms with van der Waals surface area (Å²) in [7, 11) is 3.25. The molecule has 0 fully saturated rings. The van der Waals surface area contributed by atoms with Gasteiger partial charge in [0.25, 0.3) is 0 Å². The first kappa shape index (κ1) is 12.8. The molecular formula is C5H14N2O4. The highest BCUT2D eigenvalue weighted by atomic mass is 16.4. The van der Waals surface area contributed by atoms with Gasteiger partial charge in [0.2, 0.25) is 0 Å². The molecule has 11 heavy (non-hydrogen) atoms. The SMILES string of the molecule is COC.O=C(NCO)NCO. The average Bonchev–Trinajstić information content (AvgIpc) is 1.90. The van der Waals surface area contributed by atoms with Crippen molar-refractivity contribution in [2.75, 3.05) is 27.7 Å². The molecule has 0 aromatic heterocycles. The first-order valence-electron chi connectivity index (χ1n) is 2.86. The molecule has 0 rings (SSSR count). The van der Waals surface area contributed by atoms with Crippen molar-refractivity contribution in [1.82, 2.24) is 10.6 Å². The van der Waals surface area contributed by atoms with Crippen molar-refractivity contribution < 1.29 is 19.7 Å². The normalized spacial score (nSPS) is 7.64. The second kappa shape index (κ2) is 11.9. The van der Waals surface area contributed by atoms with E-state index in [1.807, 2.05) is 10.6 Å². The molecular weight excluding hydrogens is 152 g/mol. The van der Waals surface area contributed by atoms with Crippen molar-refractivity contribution in [2.45, 2.75) is 0 Å². The number of amides is 2. The minimum absolute atomic E-state index is 0.425. The van der Waals surface area contributed by atoms with E-state index in [-0.39, 0.29) is 0 Å². The smallest absolute Gasteiger partial charge is 0.318 e. The fourth-order valence-electron chi connectivity index (χ4n) is 0.206. The molecule has 0 saturated carbocycles. The van der Waals surface area contributed by atoms with E-state index >= 15 is 0 Å². The minimum Gasteiger partial charge on any atom is -0.388 e. The van der Waals surface area contributed by atoms with Crippen LogP contribution in [0, 0.1) is 0 Å². The van der Waals surface area contributed by atoms with Crippen LogP contribution < -0.4 is 10.6 Å². The Kier molecular flexibility index (Phi) is 13.8. The lowest BCUT2D eigenvalue weighted by Gasteiger charge is -1.98. The summed E-state index contributed by atoms with van der Waals surface area (Å²) in [5, 5.41) is 20.0. The predicted octanol–water partition coefficient (Wildman–Crippen LogP) is -1.55. The molecule has 0 aliphatic carbocycles. The highest BCUT2D eigenvalue weighted by Gasteiger charge is 1.91. The Morgan fingerprint density at radius 1 is 1.27 bits per heavy atom. The van der Waals surface area contributed by atoms with Crippen LogP contribution >= 0.6 is 0 Å². The van der Waals surface area contributed by atoms with E-state index in [4.69, 9.17) is 10.2 Å². The van der Waals surface area contributed by atoms with Crippen LogP contribution in [0.1, 0.15) is 0 Å². The molecule has 6 heteroatoms. The summed E-state index contributed by atoms with van der Waals surface area (Å²) < 4.78 is 4.25. The van der Waals surface area contributed by atoms with Crippen LogP contribution in [0.15, 0.2) is 0 Å². The largest absolute Gasteiger partial charge is 0.388 e. The third-order valence-electron chi connectivity index (χ3n) is 0.479. The molecule has 0 aliphatic rings. The van der Waals surface area contributed by atoms with Gasteiger partial charge in [0, 0.05) is 14.2 Å². The van der Waals surface area contributed by atoms with Crippen LogP contribution in [0.2, 0.25) is 0 Å². The van der Waals surface area contributed by atoms with E-state index in [1.54, 1.807) is 14.2 Å². The molecule has 4 N–H and O–H groups in total. The molecule has 0 bridgehead atoms. The van der Waals surface area contributed by atoms with Gasteiger partial charge in [0.1, 0.15) is 13.5 Å². The summed E-state index contributed by atoms with van der Waals surface area (Å²) in [6, 6.07) is -0.588. The Hall–Kier alpha value is -0.850. The van der Waals surface area contributed by atoms with Crippen LogP contribution in [-0.4, -0.2) is 43.9 Å². The predicted molar refractivity (Wildman–Crippen MR) is 38.8 cm³/mol. The van der Waals surface area contributed by atoms with Crippen molar-refractivity contribution in [2.24, 2.45) is 0 Å². The average molecular weight is 166 g/mol. The van der Waals surface area contributed by atoms with Crippen molar-refractivity contribution >= 4 is 6.03 Å². The third kappa shape index (κ3) is 17.6. The lowest BCUT2D eigenvalue weighted by Crippen LogP contribution is -2.36. The molecule has 0 atom stereocenters. The molecule has 0 aliphatic heterocycles. The highest BCUT2D eigenvalue weighted by Crippen LogP contribution is 1.57. The molecule has 0 heterocycles. The highest BCUT2D eigenvalue weighted by molar-refractivity contribution is 5.73. The zero-order valence-electron chi connectivity index (χ0n) is 6.63. The number of ether oxygens (including phenoxy) is 1. The Labute approximate surface area is 65.2 Å². The molecule has 0 unspecified atom stereocenters. The number of methoxy groups -OCH3 is 1. The lowest BCUT2D eigenvalue weighted by molar-refractivity contribution is 0.201. The van der Waals surface area contributed by atoms with Crippen LogP contribution in [0.25, 0.3) is 0 Å². The summed E-state index contributed by atoms with van der Waals surface area (Å²) in [6.45, 7) is -0.850. The van der Waals surface area contributed by atoms with Gasteiger partial charge >= 0.3 is 6.03 Å². The van der Waals surface area contributed by atoms with Crippen LogP contribution in [0.5, 0.6) is 0 Å². The number of carbonyl (C=O) groups excluding carboxylic acids is 1. The van der Waals surface area contributed by atoms with Gasteiger partial charge in [-0.15, -0.1) is 0 Å². The first-order valence-corrected chi connectivity index (χ1v) is 2.86. The quantitative estimate of drug-likeness (QED) is 0.374. The second-order valence-electron chi connectivity index (χ2n) is 1.41. The maximum Gasteiger partial charge on any atom is 0.318 e. The summed E-state index contributed by atoms with van der Waals surface area (Å²) in [5.41, 5.74) is 0. The van der Waals surface area contributed by atoms with E-state index in [0.29, 0.717) is 0 Å². The van der Waals surface area contributed by atoms with E-state index in [2.05, 4.69) is 4.74 Å². The number of carbonyl (C=O) groups is 1. The summed E-state index contributed by atoms with van der Waals surface area (Å²) in [4.78, 5) is 10.1. The fourth-order valence-corrected chi connectivity index (χ4v) is 0.206. The summed E-state index contributed by atoms with van der Waals surface area (Å²) in [5.74, 6) is 0. The second-order valence-corrected chi connectivity index (χ2v) is 1.41. The monoisotopic (exact) mass is 166 g/mol. The Balaban J connectivity index is 0. The lowest BCUT2D eigenvalue weighted by atomic mass is 10.9. The molecule has 0 aromatic rings. The summed E-state index contributed by atoms with van der Waals surface area (Å²) >= 11 is 0. The molecule has 68 valence electrons. The van der Waals surface area contributed by atoms with Gasteiger partial charge in [-0.25, -0.2) is 4.79 Å². The maximum atomic E-state index is 10.1. The fraction of sp³-hybridized carbons (Fsp3) is 0.800. The number of hydrogen-bond acceptors (Lipinski definition) is 4. The molecule has 6 nitrogen and oxygen atoms in total. The van der Waals surface area contributed by atoms with Gasteiger partial charge in [-0.05, 0) is 0 Å². The number of urea groups is 1. The Morgan fingerprint density at radius 2 is 1.55 bits per heavy atom. The van der Waals surface area contributed by atoms with E-state index in [1.165, 1.54) is 0 Å². The van der Waals surface area contributed by atoms with Gasteiger partial charge in [-0.2, -0.15) is 0 Å². The Morgan fingerprint density at radius 3 is 1.73 bits per heavy atom. The zero-order chi connectivity index (χ0) is 9.11. The van der Waals surface area contributed by atoms with E-state index < -0.39 is 19.5 Å².